The van der Waals surface area contributed by atoms with E-state index < -0.39 is 0 Å². The van der Waals surface area contributed by atoms with Gasteiger partial charge in [-0.2, -0.15) is 5.10 Å². The largest absolute Gasteiger partial charge is 0.310 e. The number of fused-ring (bicyclic) bond motifs is 1. The van der Waals surface area contributed by atoms with E-state index in [1.807, 2.05) is 25.2 Å². The van der Waals surface area contributed by atoms with Gasteiger partial charge in [-0.05, 0) is 36.1 Å². The molecule has 2 aromatic rings. The summed E-state index contributed by atoms with van der Waals surface area (Å²) < 4.78 is 1.72. The van der Waals surface area contributed by atoms with Gasteiger partial charge in [-0.3, -0.25) is 9.48 Å². The third kappa shape index (κ3) is 3.72. The summed E-state index contributed by atoms with van der Waals surface area (Å²) in [5.74, 6) is 0.0766. The summed E-state index contributed by atoms with van der Waals surface area (Å²) in [7, 11) is 3.68. The van der Waals surface area contributed by atoms with E-state index in [2.05, 4.69) is 49.4 Å². The first-order valence-electron chi connectivity index (χ1n) is 8.42. The summed E-state index contributed by atoms with van der Waals surface area (Å²) in [6.07, 6.45) is 4.55. The highest BCUT2D eigenvalue weighted by Crippen LogP contribution is 2.34. The van der Waals surface area contributed by atoms with Gasteiger partial charge in [0.05, 0.1) is 6.20 Å². The Morgan fingerprint density at radius 3 is 2.60 bits per heavy atom. The molecule has 0 saturated heterocycles. The molecule has 136 valence electrons. The molecule has 0 saturated carbocycles. The van der Waals surface area contributed by atoms with Crippen LogP contribution < -0.4 is 10.2 Å². The highest BCUT2D eigenvalue weighted by atomic mass is 35.5. The summed E-state index contributed by atoms with van der Waals surface area (Å²) in [6, 6.07) is 6.12. The van der Waals surface area contributed by atoms with Gasteiger partial charge in [0.15, 0.2) is 0 Å². The molecule has 0 fully saturated rings. The van der Waals surface area contributed by atoms with Gasteiger partial charge >= 0.3 is 0 Å². The average Bonchev–Trinajstić information content (AvgIpc) is 3.12. The fraction of sp³-hybridized carbons (Fsp3) is 0.474. The van der Waals surface area contributed by atoms with Gasteiger partial charge in [-0.25, -0.2) is 0 Å². The van der Waals surface area contributed by atoms with Crippen LogP contribution in [0, 0.1) is 0 Å². The van der Waals surface area contributed by atoms with Crippen molar-refractivity contribution >= 4 is 24.0 Å². The second-order valence-corrected chi connectivity index (χ2v) is 7.50. The predicted molar refractivity (Wildman–Crippen MR) is 103 cm³/mol. The van der Waals surface area contributed by atoms with E-state index in [1.54, 1.807) is 10.9 Å². The fourth-order valence-electron chi connectivity index (χ4n) is 3.27. The monoisotopic (exact) mass is 362 g/mol. The Labute approximate surface area is 155 Å². The molecule has 0 spiro atoms. The number of benzene rings is 1. The third-order valence-corrected chi connectivity index (χ3v) is 4.70. The first-order valence-corrected chi connectivity index (χ1v) is 8.42. The Morgan fingerprint density at radius 1 is 1.32 bits per heavy atom. The lowest BCUT2D eigenvalue weighted by molar-refractivity contribution is -0.120. The van der Waals surface area contributed by atoms with E-state index >= 15 is 0 Å². The van der Waals surface area contributed by atoms with Crippen molar-refractivity contribution < 1.29 is 4.79 Å². The highest BCUT2D eigenvalue weighted by Gasteiger charge is 2.31. The van der Waals surface area contributed by atoms with Crippen molar-refractivity contribution in [2.24, 2.45) is 7.05 Å². The number of amides is 1. The fourth-order valence-corrected chi connectivity index (χ4v) is 3.27. The zero-order chi connectivity index (χ0) is 17.5. The minimum Gasteiger partial charge on any atom is -0.310 e. The molecule has 2 heterocycles. The van der Waals surface area contributed by atoms with Gasteiger partial charge in [-0.15, -0.1) is 12.4 Å². The van der Waals surface area contributed by atoms with Crippen LogP contribution in [0.25, 0.3) is 0 Å². The molecule has 1 aliphatic rings. The average molecular weight is 363 g/mol. The first kappa shape index (κ1) is 19.5. The maximum absolute atomic E-state index is 13.1. The minimum atomic E-state index is -0.369. The second kappa shape index (κ2) is 7.18. The smallest absolute Gasteiger partial charge is 0.248 e. The topological polar surface area (TPSA) is 50.2 Å². The van der Waals surface area contributed by atoms with Crippen LogP contribution in [-0.4, -0.2) is 29.3 Å². The first-order chi connectivity index (χ1) is 11.3. The van der Waals surface area contributed by atoms with E-state index in [9.17, 15) is 4.79 Å². The Hall–Kier alpha value is -1.85. The van der Waals surface area contributed by atoms with Gasteiger partial charge in [0, 0.05) is 31.0 Å². The number of nitrogens with one attached hydrogen (secondary N) is 1. The molecule has 1 aliphatic heterocycles. The Bertz CT molecular complexity index is 763. The molecule has 6 heteroatoms. The number of likely N-dealkylation sites (N-methyl/N-ethyl adjacent to an activating group) is 1. The summed E-state index contributed by atoms with van der Waals surface area (Å²) in [6.45, 7) is 7.38. The van der Waals surface area contributed by atoms with Gasteiger partial charge in [0.2, 0.25) is 5.91 Å². The van der Waals surface area contributed by atoms with E-state index in [0.29, 0.717) is 0 Å². The maximum atomic E-state index is 13.1. The quantitative estimate of drug-likeness (QED) is 0.913. The van der Waals surface area contributed by atoms with Gasteiger partial charge < -0.3 is 10.2 Å². The van der Waals surface area contributed by atoms with Crippen molar-refractivity contribution in [3.63, 3.8) is 0 Å². The zero-order valence-corrected chi connectivity index (χ0v) is 16.4. The van der Waals surface area contributed by atoms with E-state index in [-0.39, 0.29) is 29.8 Å². The maximum Gasteiger partial charge on any atom is 0.248 e. The van der Waals surface area contributed by atoms with Crippen molar-refractivity contribution in [3.05, 3.63) is 47.3 Å². The summed E-state index contributed by atoms with van der Waals surface area (Å²) in [5.41, 5.74) is 4.63. The summed E-state index contributed by atoms with van der Waals surface area (Å²) in [4.78, 5) is 15.0. The number of hydrogen-bond acceptors (Lipinski definition) is 3. The van der Waals surface area contributed by atoms with Gasteiger partial charge in [0.1, 0.15) is 6.04 Å². The van der Waals surface area contributed by atoms with Gasteiger partial charge in [0.25, 0.3) is 0 Å². The number of aryl methyl sites for hydroxylation is 1. The Balaban J connectivity index is 0.00000225. The standard InChI is InChI=1S/C19H26N4O.ClH/c1-19(2,3)15-6-7-16-13(10-15)8-9-23(16)18(24)17(20-4)14-11-21-22(5)12-14;/h6-7,10-12,17,20H,8-9H2,1-5H3;1H. The van der Waals surface area contributed by atoms with Crippen LogP contribution >= 0.6 is 12.4 Å². The number of carbonyl (C=O) groups excluding carboxylic acids is 1. The molecule has 1 amide bonds. The second-order valence-electron chi connectivity index (χ2n) is 7.50. The molecule has 0 aliphatic carbocycles. The molecule has 0 bridgehead atoms. The number of rotatable bonds is 3. The third-order valence-electron chi connectivity index (χ3n) is 4.70. The minimum absolute atomic E-state index is 0. The van der Waals surface area contributed by atoms with Crippen LogP contribution in [0.2, 0.25) is 0 Å². The van der Waals surface area contributed by atoms with Crippen LogP contribution in [0.3, 0.4) is 0 Å². The van der Waals surface area contributed by atoms with Crippen molar-refractivity contribution in [1.29, 1.82) is 0 Å². The molecule has 1 N–H and O–H groups in total. The van der Waals surface area contributed by atoms with Gasteiger partial charge in [-0.1, -0.05) is 32.9 Å². The van der Waals surface area contributed by atoms with Crippen LogP contribution in [0.15, 0.2) is 30.6 Å². The molecule has 0 radical (unpaired) electrons. The molecule has 1 aromatic carbocycles. The normalized spacial score (nSPS) is 14.8. The lowest BCUT2D eigenvalue weighted by Crippen LogP contribution is -2.38. The molecule has 1 aromatic heterocycles. The van der Waals surface area contributed by atoms with Crippen molar-refractivity contribution in [3.8, 4) is 0 Å². The van der Waals surface area contributed by atoms with Crippen LogP contribution in [-0.2, 0) is 23.7 Å². The van der Waals surface area contributed by atoms with Crippen LogP contribution in [0.4, 0.5) is 5.69 Å². The van der Waals surface area contributed by atoms with Crippen LogP contribution in [0.1, 0.15) is 43.5 Å². The zero-order valence-electron chi connectivity index (χ0n) is 15.5. The SMILES string of the molecule is CNC(C(=O)N1CCc2cc(C(C)(C)C)ccc21)c1cnn(C)c1.Cl. The van der Waals surface area contributed by atoms with Crippen molar-refractivity contribution in [2.75, 3.05) is 18.5 Å². The number of nitrogens with zero attached hydrogens (tertiary/aromatic N) is 3. The molecular formula is C19H27ClN4O. The summed E-state index contributed by atoms with van der Waals surface area (Å²) >= 11 is 0. The number of hydrogen-bond donors (Lipinski definition) is 1. The highest BCUT2D eigenvalue weighted by molar-refractivity contribution is 5.99. The van der Waals surface area contributed by atoms with E-state index in [0.717, 1.165) is 24.2 Å². The van der Waals surface area contributed by atoms with Crippen LogP contribution in [0.5, 0.6) is 0 Å². The molecule has 25 heavy (non-hydrogen) atoms. The Kier molecular flexibility index (Phi) is 5.59. The Morgan fingerprint density at radius 2 is 2.04 bits per heavy atom. The molecular weight excluding hydrogens is 336 g/mol. The summed E-state index contributed by atoms with van der Waals surface area (Å²) in [5, 5.41) is 7.31. The molecule has 3 rings (SSSR count). The lowest BCUT2D eigenvalue weighted by Gasteiger charge is -2.24. The van der Waals surface area contributed by atoms with Crippen molar-refractivity contribution in [2.45, 2.75) is 38.6 Å². The predicted octanol–water partition coefficient (Wildman–Crippen LogP) is 2.99. The molecule has 1 atom stereocenters. The van der Waals surface area contributed by atoms with Crippen molar-refractivity contribution in [1.82, 2.24) is 15.1 Å². The van der Waals surface area contributed by atoms with E-state index in [4.69, 9.17) is 0 Å². The molecule has 1 unspecified atom stereocenters. The number of halogens is 1. The number of aromatic nitrogens is 2. The number of anilines is 1. The lowest BCUT2D eigenvalue weighted by atomic mass is 9.86. The number of carbonyl (C=O) groups is 1. The molecule has 5 nitrogen and oxygen atoms in total. The van der Waals surface area contributed by atoms with E-state index in [1.165, 1.54) is 11.1 Å².